The van der Waals surface area contributed by atoms with Crippen LogP contribution in [0.15, 0.2) is 30.3 Å². The van der Waals surface area contributed by atoms with Gasteiger partial charge in [0, 0.05) is 13.1 Å². The standard InChI is InChI=1S/C48H86N4O8/c1-4-6-8-10-12-14-16-17-18-19-20-21-22-24-26-31-35-49-47(57)52(36-32-27-25-23-15-13-11-9-7-5-2)46-42(44(55)43(54)41(37-53)60-46)51-45(56)39(3)50-48(58)59-38-40-33-29-28-30-34-40/h28-30,33-34,39,41-44,46,53-55H,4-27,31-32,35-38H2,1-3H3,(H,49,57)(H,50,58)(H,51,56)/t39-,41+,42+,43+,44+,46+/m0/s1. The van der Waals surface area contributed by atoms with Gasteiger partial charge in [-0.05, 0) is 25.3 Å². The summed E-state index contributed by atoms with van der Waals surface area (Å²) in [7, 11) is 0. The second-order valence-electron chi connectivity index (χ2n) is 17.1. The predicted molar refractivity (Wildman–Crippen MR) is 240 cm³/mol. The Morgan fingerprint density at radius 1 is 0.683 bits per heavy atom. The van der Waals surface area contributed by atoms with Crippen LogP contribution in [0.3, 0.4) is 0 Å². The molecule has 1 fully saturated rings. The number of hydrogen-bond acceptors (Lipinski definition) is 8. The average Bonchev–Trinajstić information content (AvgIpc) is 3.25. The summed E-state index contributed by atoms with van der Waals surface area (Å²) in [6.45, 7) is 6.15. The van der Waals surface area contributed by atoms with Crippen LogP contribution in [-0.4, -0.2) is 94.6 Å². The smallest absolute Gasteiger partial charge is 0.408 e. The SMILES string of the molecule is CCCCCCCCCCCCCCCCCCNC(=O)N(CCCCCCCCCCCC)[C@@H]1O[C@H](CO)[C@@H](O)[C@H](O)[C@H]1NC(=O)[C@H](C)NC(=O)OCc1ccccc1. The molecule has 0 aromatic heterocycles. The van der Waals surface area contributed by atoms with Crippen LogP contribution in [-0.2, 0) is 20.9 Å². The molecule has 12 heteroatoms. The maximum Gasteiger partial charge on any atom is 0.408 e. The second kappa shape index (κ2) is 34.6. The number of unbranched alkanes of at least 4 members (excludes halogenated alkanes) is 24. The number of aliphatic hydroxyl groups is 3. The number of hydrogen-bond donors (Lipinski definition) is 6. The molecule has 1 aromatic rings. The number of alkyl carbamates (subject to hydrolysis) is 1. The Hall–Kier alpha value is -2.93. The van der Waals surface area contributed by atoms with Crippen LogP contribution in [0.2, 0.25) is 0 Å². The number of ether oxygens (including phenoxy) is 2. The lowest BCUT2D eigenvalue weighted by atomic mass is 9.94. The molecule has 0 aliphatic carbocycles. The normalized spacial score (nSPS) is 19.4. The Morgan fingerprint density at radius 3 is 1.63 bits per heavy atom. The zero-order valence-electron chi connectivity index (χ0n) is 37.9. The van der Waals surface area contributed by atoms with Crippen molar-refractivity contribution in [2.24, 2.45) is 0 Å². The number of aliphatic hydroxyl groups excluding tert-OH is 3. The number of amides is 4. The zero-order valence-corrected chi connectivity index (χ0v) is 37.9. The van der Waals surface area contributed by atoms with Crippen LogP contribution >= 0.6 is 0 Å². The Balaban J connectivity index is 1.93. The summed E-state index contributed by atoms with van der Waals surface area (Å²) in [5.41, 5.74) is 0.790. The van der Waals surface area contributed by atoms with Crippen molar-refractivity contribution < 1.29 is 39.2 Å². The topological polar surface area (TPSA) is 170 Å². The fourth-order valence-corrected chi connectivity index (χ4v) is 7.90. The Labute approximate surface area is 363 Å². The zero-order chi connectivity index (χ0) is 43.6. The molecule has 0 spiro atoms. The van der Waals surface area contributed by atoms with E-state index in [4.69, 9.17) is 9.47 Å². The second-order valence-corrected chi connectivity index (χ2v) is 17.1. The highest BCUT2D eigenvalue weighted by Crippen LogP contribution is 2.25. The van der Waals surface area contributed by atoms with Gasteiger partial charge in [0.15, 0.2) is 6.23 Å². The number of rotatable bonds is 35. The summed E-state index contributed by atoms with van der Waals surface area (Å²) in [5, 5.41) is 40.5. The number of nitrogens with zero attached hydrogens (tertiary/aromatic N) is 1. The third-order valence-corrected chi connectivity index (χ3v) is 11.8. The van der Waals surface area contributed by atoms with E-state index in [0.717, 1.165) is 44.1 Å². The van der Waals surface area contributed by atoms with Crippen molar-refractivity contribution in [3.63, 3.8) is 0 Å². The van der Waals surface area contributed by atoms with Gasteiger partial charge in [-0.2, -0.15) is 0 Å². The monoisotopic (exact) mass is 847 g/mol. The molecule has 60 heavy (non-hydrogen) atoms. The number of urea groups is 1. The molecule has 0 bridgehead atoms. The first kappa shape index (κ1) is 53.2. The van der Waals surface area contributed by atoms with Gasteiger partial charge in [-0.3, -0.25) is 9.69 Å². The van der Waals surface area contributed by atoms with Crippen LogP contribution in [0.25, 0.3) is 0 Å². The summed E-state index contributed by atoms with van der Waals surface area (Å²) in [6.07, 6.45) is 25.2. The van der Waals surface area contributed by atoms with E-state index < -0.39 is 61.3 Å². The Morgan fingerprint density at radius 2 is 1.15 bits per heavy atom. The van der Waals surface area contributed by atoms with Crippen molar-refractivity contribution in [2.75, 3.05) is 19.7 Å². The van der Waals surface area contributed by atoms with Gasteiger partial charge in [0.2, 0.25) is 5.91 Å². The lowest BCUT2D eigenvalue weighted by molar-refractivity contribution is -0.224. The number of benzene rings is 1. The first-order chi connectivity index (χ1) is 29.2. The Bertz CT molecular complexity index is 1230. The van der Waals surface area contributed by atoms with Gasteiger partial charge in [0.1, 0.15) is 37.0 Å². The van der Waals surface area contributed by atoms with Crippen molar-refractivity contribution in [2.45, 2.75) is 231 Å². The Kier molecular flexibility index (Phi) is 30.7. The quantitative estimate of drug-likeness (QED) is 0.0367. The van der Waals surface area contributed by atoms with Gasteiger partial charge in [0.05, 0.1) is 6.61 Å². The van der Waals surface area contributed by atoms with E-state index in [2.05, 4.69) is 29.8 Å². The number of nitrogens with one attached hydrogen (secondary N) is 3. The first-order valence-corrected chi connectivity index (χ1v) is 24.2. The van der Waals surface area contributed by atoms with E-state index >= 15 is 0 Å². The van der Waals surface area contributed by atoms with Gasteiger partial charge in [-0.1, -0.05) is 198 Å². The summed E-state index contributed by atoms with van der Waals surface area (Å²) >= 11 is 0. The lowest BCUT2D eigenvalue weighted by Gasteiger charge is -2.46. The molecule has 4 amide bonds. The summed E-state index contributed by atoms with van der Waals surface area (Å²) < 4.78 is 11.4. The van der Waals surface area contributed by atoms with Crippen LogP contribution in [0, 0.1) is 0 Å². The van der Waals surface area contributed by atoms with E-state index in [1.165, 1.54) is 134 Å². The average molecular weight is 847 g/mol. The molecular weight excluding hydrogens is 761 g/mol. The molecule has 1 heterocycles. The van der Waals surface area contributed by atoms with Crippen LogP contribution in [0.1, 0.15) is 193 Å². The summed E-state index contributed by atoms with van der Waals surface area (Å²) in [6, 6.07) is 6.44. The summed E-state index contributed by atoms with van der Waals surface area (Å²) in [4.78, 5) is 41.4. The molecule has 12 nitrogen and oxygen atoms in total. The molecule has 6 atom stereocenters. The van der Waals surface area contributed by atoms with E-state index in [1.54, 1.807) is 0 Å². The molecule has 346 valence electrons. The minimum absolute atomic E-state index is 0.0233. The largest absolute Gasteiger partial charge is 0.445 e. The molecular formula is C48H86N4O8. The maximum absolute atomic E-state index is 13.9. The molecule has 1 saturated heterocycles. The molecule has 0 unspecified atom stereocenters. The fraction of sp³-hybridized carbons (Fsp3) is 0.812. The van der Waals surface area contributed by atoms with Crippen LogP contribution < -0.4 is 16.0 Å². The number of carbonyl (C=O) groups is 3. The van der Waals surface area contributed by atoms with Crippen molar-refractivity contribution in [3.8, 4) is 0 Å². The van der Waals surface area contributed by atoms with Crippen molar-refractivity contribution in [1.82, 2.24) is 20.9 Å². The van der Waals surface area contributed by atoms with Crippen molar-refractivity contribution >= 4 is 18.0 Å². The van der Waals surface area contributed by atoms with Gasteiger partial charge in [-0.15, -0.1) is 0 Å². The molecule has 0 radical (unpaired) electrons. The van der Waals surface area contributed by atoms with Gasteiger partial charge < -0.3 is 40.7 Å². The van der Waals surface area contributed by atoms with Gasteiger partial charge >= 0.3 is 12.1 Å². The molecule has 0 saturated carbocycles. The van der Waals surface area contributed by atoms with Gasteiger partial charge in [-0.25, -0.2) is 9.59 Å². The molecule has 1 aromatic carbocycles. The third kappa shape index (κ3) is 23.3. The lowest BCUT2D eigenvalue weighted by Crippen LogP contribution is -2.70. The van der Waals surface area contributed by atoms with E-state index in [-0.39, 0.29) is 6.61 Å². The predicted octanol–water partition coefficient (Wildman–Crippen LogP) is 9.42. The maximum atomic E-state index is 13.9. The highest BCUT2D eigenvalue weighted by Gasteiger charge is 2.48. The molecule has 6 N–H and O–H groups in total. The van der Waals surface area contributed by atoms with Crippen LogP contribution in [0.5, 0.6) is 0 Å². The minimum Gasteiger partial charge on any atom is -0.445 e. The van der Waals surface area contributed by atoms with Gasteiger partial charge in [0.25, 0.3) is 0 Å². The fourth-order valence-electron chi connectivity index (χ4n) is 7.90. The highest BCUT2D eigenvalue weighted by molar-refractivity contribution is 5.85. The summed E-state index contributed by atoms with van der Waals surface area (Å²) in [5.74, 6) is -0.661. The minimum atomic E-state index is -1.56. The van der Waals surface area contributed by atoms with Crippen LogP contribution in [0.4, 0.5) is 9.59 Å². The molecule has 2 rings (SSSR count). The van der Waals surface area contributed by atoms with Crippen molar-refractivity contribution in [3.05, 3.63) is 35.9 Å². The van der Waals surface area contributed by atoms with Crippen molar-refractivity contribution in [1.29, 1.82) is 0 Å². The highest BCUT2D eigenvalue weighted by atomic mass is 16.6. The molecule has 1 aliphatic heterocycles. The third-order valence-electron chi connectivity index (χ3n) is 11.8. The first-order valence-electron chi connectivity index (χ1n) is 24.2. The van der Waals surface area contributed by atoms with E-state index in [9.17, 15) is 29.7 Å². The van der Waals surface area contributed by atoms with E-state index in [0.29, 0.717) is 19.5 Å². The molecule has 1 aliphatic rings. The number of carbonyl (C=O) groups excluding carboxylic acids is 3. The van der Waals surface area contributed by atoms with E-state index in [1.807, 2.05) is 30.3 Å².